The van der Waals surface area contributed by atoms with Crippen LogP contribution in [0, 0.1) is 5.41 Å². The highest BCUT2D eigenvalue weighted by molar-refractivity contribution is 7.91. The Morgan fingerprint density at radius 1 is 1.24 bits per heavy atom. The zero-order chi connectivity index (χ0) is 15.3. The minimum absolute atomic E-state index is 0.201. The van der Waals surface area contributed by atoms with Crippen LogP contribution < -0.4 is 10.6 Å². The third-order valence-electron chi connectivity index (χ3n) is 4.21. The van der Waals surface area contributed by atoms with Gasteiger partial charge in [0.25, 0.3) is 0 Å². The number of sulfone groups is 1. The first-order chi connectivity index (χ1) is 9.97. The fourth-order valence-electron chi connectivity index (χ4n) is 2.78. The molecule has 1 aromatic carbocycles. The normalized spacial score (nSPS) is 18.4. The van der Waals surface area contributed by atoms with Gasteiger partial charge < -0.3 is 10.6 Å². The predicted octanol–water partition coefficient (Wildman–Crippen LogP) is 2.67. The van der Waals surface area contributed by atoms with Crippen LogP contribution in [0.2, 0.25) is 0 Å². The molecule has 1 aromatic rings. The van der Waals surface area contributed by atoms with E-state index in [1.165, 1.54) is 0 Å². The molecule has 2 rings (SSSR count). The molecule has 5 heteroatoms. The molecule has 21 heavy (non-hydrogen) atoms. The molecule has 0 radical (unpaired) electrons. The molecule has 1 fully saturated rings. The second-order valence-electron chi connectivity index (χ2n) is 6.23. The maximum atomic E-state index is 12.3. The first kappa shape index (κ1) is 16.3. The molecule has 1 aliphatic rings. The van der Waals surface area contributed by atoms with Crippen LogP contribution in [0.3, 0.4) is 0 Å². The molecule has 0 atom stereocenters. The summed E-state index contributed by atoms with van der Waals surface area (Å²) >= 11 is 0. The van der Waals surface area contributed by atoms with E-state index in [1.807, 2.05) is 19.1 Å². The van der Waals surface area contributed by atoms with E-state index >= 15 is 0 Å². The van der Waals surface area contributed by atoms with E-state index < -0.39 is 9.84 Å². The smallest absolute Gasteiger partial charge is 0.180 e. The highest BCUT2D eigenvalue weighted by atomic mass is 32.2. The monoisotopic (exact) mass is 310 g/mol. The van der Waals surface area contributed by atoms with Gasteiger partial charge in [0.1, 0.15) is 0 Å². The first-order valence-corrected chi connectivity index (χ1v) is 9.38. The van der Waals surface area contributed by atoms with Crippen LogP contribution in [0.1, 0.15) is 33.1 Å². The average Bonchev–Trinajstić information content (AvgIpc) is 2.46. The molecule has 0 bridgehead atoms. The molecular formula is C16H26N2O2S. The van der Waals surface area contributed by atoms with Gasteiger partial charge in [0.15, 0.2) is 9.84 Å². The van der Waals surface area contributed by atoms with E-state index in [1.54, 1.807) is 12.1 Å². The van der Waals surface area contributed by atoms with Crippen LogP contribution >= 0.6 is 0 Å². The molecule has 0 unspecified atom stereocenters. The van der Waals surface area contributed by atoms with Crippen molar-refractivity contribution in [1.82, 2.24) is 5.32 Å². The SMILES string of the molecule is CCCS(=O)(=O)c1ccccc1NCC1(C)CCNCC1. The van der Waals surface area contributed by atoms with Crippen molar-refractivity contribution in [3.05, 3.63) is 24.3 Å². The van der Waals surface area contributed by atoms with Crippen molar-refractivity contribution in [3.63, 3.8) is 0 Å². The van der Waals surface area contributed by atoms with Crippen LogP contribution in [0.25, 0.3) is 0 Å². The summed E-state index contributed by atoms with van der Waals surface area (Å²) in [5.41, 5.74) is 0.970. The maximum absolute atomic E-state index is 12.3. The molecule has 2 N–H and O–H groups in total. The minimum atomic E-state index is -3.19. The van der Waals surface area contributed by atoms with Crippen molar-refractivity contribution in [1.29, 1.82) is 0 Å². The number of benzene rings is 1. The van der Waals surface area contributed by atoms with E-state index in [4.69, 9.17) is 0 Å². The van der Waals surface area contributed by atoms with Crippen molar-refractivity contribution >= 4 is 15.5 Å². The second kappa shape index (κ2) is 6.79. The standard InChI is InChI=1S/C16H26N2O2S/c1-3-12-21(19,20)15-7-5-4-6-14(15)18-13-16(2)8-10-17-11-9-16/h4-7,17-18H,3,8-13H2,1-2H3. The number of nitrogens with one attached hydrogen (secondary N) is 2. The van der Waals surface area contributed by atoms with Crippen molar-refractivity contribution in [2.45, 2.75) is 38.0 Å². The van der Waals surface area contributed by atoms with E-state index in [0.717, 1.165) is 38.2 Å². The summed E-state index contributed by atoms with van der Waals surface area (Å²) in [6, 6.07) is 7.25. The van der Waals surface area contributed by atoms with Gasteiger partial charge in [-0.15, -0.1) is 0 Å². The summed E-state index contributed by atoms with van der Waals surface area (Å²) in [7, 11) is -3.19. The molecule has 4 nitrogen and oxygen atoms in total. The van der Waals surface area contributed by atoms with Gasteiger partial charge in [0.05, 0.1) is 16.3 Å². The topological polar surface area (TPSA) is 58.2 Å². The first-order valence-electron chi connectivity index (χ1n) is 7.73. The lowest BCUT2D eigenvalue weighted by Crippen LogP contribution is -2.39. The quantitative estimate of drug-likeness (QED) is 0.848. The highest BCUT2D eigenvalue weighted by Gasteiger charge is 2.27. The number of rotatable bonds is 6. The molecule has 0 aromatic heterocycles. The van der Waals surface area contributed by atoms with Crippen LogP contribution in [-0.4, -0.2) is 33.8 Å². The summed E-state index contributed by atoms with van der Waals surface area (Å²) in [6.45, 7) is 7.04. The molecule has 0 saturated carbocycles. The average molecular weight is 310 g/mol. The van der Waals surface area contributed by atoms with Crippen molar-refractivity contribution in [2.24, 2.45) is 5.41 Å². The van der Waals surface area contributed by atoms with Crippen LogP contribution in [0.4, 0.5) is 5.69 Å². The molecule has 0 amide bonds. The lowest BCUT2D eigenvalue weighted by Gasteiger charge is -2.34. The predicted molar refractivity (Wildman–Crippen MR) is 87.5 cm³/mol. The molecule has 1 heterocycles. The summed E-state index contributed by atoms with van der Waals surface area (Å²) in [5, 5.41) is 6.75. The fraction of sp³-hybridized carbons (Fsp3) is 0.625. The Labute approximate surface area is 128 Å². The lowest BCUT2D eigenvalue weighted by atomic mass is 9.81. The summed E-state index contributed by atoms with van der Waals surface area (Å²) < 4.78 is 24.7. The van der Waals surface area contributed by atoms with E-state index in [9.17, 15) is 8.42 Å². The third-order valence-corrected chi connectivity index (χ3v) is 6.18. The number of piperidine rings is 1. The second-order valence-corrected chi connectivity index (χ2v) is 8.31. The molecule has 1 saturated heterocycles. The van der Waals surface area contributed by atoms with E-state index in [2.05, 4.69) is 17.6 Å². The van der Waals surface area contributed by atoms with Crippen molar-refractivity contribution in [2.75, 3.05) is 30.7 Å². The maximum Gasteiger partial charge on any atom is 0.180 e. The molecular weight excluding hydrogens is 284 g/mol. The molecule has 0 spiro atoms. The lowest BCUT2D eigenvalue weighted by molar-refractivity contribution is 0.247. The number of para-hydroxylation sites is 1. The van der Waals surface area contributed by atoms with E-state index in [0.29, 0.717) is 11.3 Å². The minimum Gasteiger partial charge on any atom is -0.383 e. The number of anilines is 1. The summed E-state index contributed by atoms with van der Waals surface area (Å²) in [4.78, 5) is 0.435. The Morgan fingerprint density at radius 3 is 2.57 bits per heavy atom. The highest BCUT2D eigenvalue weighted by Crippen LogP contribution is 2.30. The van der Waals surface area contributed by atoms with Gasteiger partial charge in [-0.05, 0) is 49.9 Å². The molecule has 118 valence electrons. The van der Waals surface area contributed by atoms with Crippen LogP contribution in [0.5, 0.6) is 0 Å². The van der Waals surface area contributed by atoms with Gasteiger partial charge in [-0.1, -0.05) is 26.0 Å². The van der Waals surface area contributed by atoms with Gasteiger partial charge in [-0.2, -0.15) is 0 Å². The molecule has 1 aliphatic heterocycles. The molecule has 0 aliphatic carbocycles. The third kappa shape index (κ3) is 4.20. The zero-order valence-corrected chi connectivity index (χ0v) is 13.8. The Hall–Kier alpha value is -1.07. The summed E-state index contributed by atoms with van der Waals surface area (Å²) in [5.74, 6) is 0.201. The van der Waals surface area contributed by atoms with E-state index in [-0.39, 0.29) is 11.2 Å². The zero-order valence-electron chi connectivity index (χ0n) is 13.0. The van der Waals surface area contributed by atoms with Crippen LogP contribution in [-0.2, 0) is 9.84 Å². The largest absolute Gasteiger partial charge is 0.383 e. The Kier molecular flexibility index (Phi) is 5.27. The van der Waals surface area contributed by atoms with Crippen molar-refractivity contribution < 1.29 is 8.42 Å². The van der Waals surface area contributed by atoms with Gasteiger partial charge in [-0.25, -0.2) is 8.42 Å². The Balaban J connectivity index is 2.13. The van der Waals surface area contributed by atoms with Gasteiger partial charge >= 0.3 is 0 Å². The number of hydrogen-bond donors (Lipinski definition) is 2. The Morgan fingerprint density at radius 2 is 1.90 bits per heavy atom. The van der Waals surface area contributed by atoms with Gasteiger partial charge in [-0.3, -0.25) is 0 Å². The van der Waals surface area contributed by atoms with Gasteiger partial charge in [0.2, 0.25) is 0 Å². The fourth-order valence-corrected chi connectivity index (χ4v) is 4.30. The number of hydrogen-bond acceptors (Lipinski definition) is 4. The Bertz CT molecular complexity index is 563. The van der Waals surface area contributed by atoms with Crippen molar-refractivity contribution in [3.8, 4) is 0 Å². The van der Waals surface area contributed by atoms with Gasteiger partial charge in [0, 0.05) is 6.54 Å². The summed E-state index contributed by atoms with van der Waals surface area (Å²) in [6.07, 6.45) is 2.87. The van der Waals surface area contributed by atoms with Crippen LogP contribution in [0.15, 0.2) is 29.2 Å².